The number of nitrogen functional groups attached to an aromatic ring is 1. The number of carbonyl (C=O) groups excluding carboxylic acids is 3. The summed E-state index contributed by atoms with van der Waals surface area (Å²) >= 11 is 0.967. The Morgan fingerprint density at radius 1 is 1.36 bits per heavy atom. The van der Waals surface area contributed by atoms with E-state index in [2.05, 4.69) is 25.8 Å². The third kappa shape index (κ3) is 5.44. The predicted octanol–water partition coefficient (Wildman–Crippen LogP) is -1.22. The van der Waals surface area contributed by atoms with Gasteiger partial charge >= 0.3 is 10.3 Å². The van der Waals surface area contributed by atoms with E-state index in [9.17, 15) is 32.7 Å². The van der Waals surface area contributed by atoms with Crippen LogP contribution in [0.15, 0.2) is 27.6 Å². The van der Waals surface area contributed by atoms with E-state index >= 15 is 0 Å². The van der Waals surface area contributed by atoms with E-state index in [4.69, 9.17) is 15.1 Å². The van der Waals surface area contributed by atoms with Crippen LogP contribution in [-0.2, 0) is 29.5 Å². The monoisotopic (exact) mass is 543 g/mol. The molecule has 3 amide bonds. The zero-order valence-corrected chi connectivity index (χ0v) is 20.5. The summed E-state index contributed by atoms with van der Waals surface area (Å²) in [4.78, 5) is 60.9. The maximum Gasteiger partial charge on any atom is 0.362 e. The molecule has 2 atom stereocenters. The summed E-state index contributed by atoms with van der Waals surface area (Å²) in [5.74, 6) is -3.46. The number of rotatable bonds is 8. The lowest BCUT2D eigenvalue weighted by molar-refractivity contribution is -0.144. The van der Waals surface area contributed by atoms with Crippen LogP contribution in [0.5, 0.6) is 5.75 Å². The fourth-order valence-electron chi connectivity index (χ4n) is 2.92. The Kier molecular flexibility index (Phi) is 7.05. The van der Waals surface area contributed by atoms with Gasteiger partial charge < -0.3 is 31.3 Å². The summed E-state index contributed by atoms with van der Waals surface area (Å²) < 4.78 is 31.9. The molecule has 0 radical (unpaired) electrons. The first-order chi connectivity index (χ1) is 16.6. The van der Waals surface area contributed by atoms with Crippen molar-refractivity contribution < 1.29 is 37.3 Å². The summed E-state index contributed by atoms with van der Waals surface area (Å²) in [7, 11) is -4.80. The van der Waals surface area contributed by atoms with Crippen molar-refractivity contribution in [2.24, 2.45) is 5.16 Å². The van der Waals surface area contributed by atoms with Gasteiger partial charge in [0.1, 0.15) is 17.6 Å². The number of hydrogen-bond acceptors (Lipinski definition) is 12. The van der Waals surface area contributed by atoms with E-state index in [0.29, 0.717) is 0 Å². The number of anilines is 2. The normalized spacial score (nSPS) is 18.4. The molecule has 18 heteroatoms. The van der Waals surface area contributed by atoms with Crippen molar-refractivity contribution in [2.45, 2.75) is 38.5 Å². The number of carbonyl (C=O) groups is 3. The molecule has 0 unspecified atom stereocenters. The van der Waals surface area contributed by atoms with Crippen LogP contribution in [0.4, 0.5) is 10.9 Å². The van der Waals surface area contributed by atoms with E-state index in [1.807, 2.05) is 0 Å². The third-order valence-electron chi connectivity index (χ3n) is 4.90. The summed E-state index contributed by atoms with van der Waals surface area (Å²) in [6.45, 7) is 3.89. The molecule has 1 aliphatic rings. The van der Waals surface area contributed by atoms with E-state index in [1.165, 1.54) is 26.2 Å². The average Bonchev–Trinajstić information content (AvgIpc) is 3.19. The van der Waals surface area contributed by atoms with Gasteiger partial charge in [-0.3, -0.25) is 23.7 Å². The summed E-state index contributed by atoms with van der Waals surface area (Å²) in [6.07, 6.45) is 0.977. The number of H-pyrrole nitrogens is 1. The molecule has 194 valence electrons. The SMILES string of the molecule is C[C@H]1[C@H](NC(=O)C(=NOC(C)(C)C(=O)Nc2cc(=O)c(O)c[nH]2)c2csc(N)n2)C(=O)N1S(=O)(=O)O. The van der Waals surface area contributed by atoms with Crippen LogP contribution in [0.3, 0.4) is 0 Å². The van der Waals surface area contributed by atoms with Gasteiger partial charge in [0.15, 0.2) is 16.6 Å². The topological polar surface area (TPSA) is 246 Å². The molecule has 2 aromatic rings. The standard InChI is InChI=1S/C18H21N7O9S2/c1-7-12(15(29)25(7)36(31,32)33)23-14(28)13(8-6-35-17(19)21-8)24-34-18(2,3)16(30)22-11-4-9(26)10(27)5-20-11/h4-7,12,27H,1-3H3,(H2,19,21)(H,23,28)(H,31,32,33)(H2,20,22,26,30)/t7-,12-/m0/s1. The number of nitrogens with one attached hydrogen (secondary N) is 3. The largest absolute Gasteiger partial charge is 0.503 e. The summed E-state index contributed by atoms with van der Waals surface area (Å²) in [5.41, 5.74) is 2.62. The van der Waals surface area contributed by atoms with Gasteiger partial charge in [-0.15, -0.1) is 11.3 Å². The van der Waals surface area contributed by atoms with Crippen molar-refractivity contribution in [3.05, 3.63) is 33.6 Å². The summed E-state index contributed by atoms with van der Waals surface area (Å²) in [5, 5.41) is 19.1. The second-order valence-electron chi connectivity index (χ2n) is 7.97. The Bertz CT molecular complexity index is 1410. The van der Waals surface area contributed by atoms with Crippen LogP contribution in [-0.4, -0.2) is 73.5 Å². The van der Waals surface area contributed by atoms with Crippen LogP contribution in [0.1, 0.15) is 26.5 Å². The van der Waals surface area contributed by atoms with Gasteiger partial charge in [0.05, 0.1) is 6.04 Å². The minimum Gasteiger partial charge on any atom is -0.503 e. The zero-order valence-electron chi connectivity index (χ0n) is 18.9. The van der Waals surface area contributed by atoms with Gasteiger partial charge in [0.25, 0.3) is 17.7 Å². The third-order valence-corrected chi connectivity index (χ3v) is 6.59. The highest BCUT2D eigenvalue weighted by molar-refractivity contribution is 7.84. The molecule has 1 fully saturated rings. The quantitative estimate of drug-likeness (QED) is 0.0996. The molecule has 3 heterocycles. The maximum absolute atomic E-state index is 12.9. The Labute approximate surface area is 207 Å². The summed E-state index contributed by atoms with van der Waals surface area (Å²) in [6, 6.07) is -1.45. The number of aromatic hydroxyl groups is 1. The Morgan fingerprint density at radius 2 is 2.03 bits per heavy atom. The fourth-order valence-corrected chi connectivity index (χ4v) is 4.35. The minimum atomic E-state index is -4.80. The predicted molar refractivity (Wildman–Crippen MR) is 125 cm³/mol. The van der Waals surface area contributed by atoms with Crippen molar-refractivity contribution in [3.63, 3.8) is 0 Å². The number of aromatic nitrogens is 2. The molecular formula is C18H21N7O9S2. The van der Waals surface area contributed by atoms with Crippen LogP contribution in [0.25, 0.3) is 0 Å². The maximum atomic E-state index is 12.9. The second-order valence-corrected chi connectivity index (χ2v) is 10.1. The molecule has 2 aromatic heterocycles. The molecule has 1 saturated heterocycles. The number of nitrogens with zero attached hydrogens (tertiary/aromatic N) is 3. The van der Waals surface area contributed by atoms with E-state index in [1.54, 1.807) is 0 Å². The molecule has 7 N–H and O–H groups in total. The number of thiazole rings is 1. The number of aromatic amines is 1. The van der Waals surface area contributed by atoms with Crippen LogP contribution in [0.2, 0.25) is 0 Å². The number of oxime groups is 1. The highest BCUT2D eigenvalue weighted by atomic mass is 32.2. The molecule has 0 aliphatic carbocycles. The smallest absolute Gasteiger partial charge is 0.362 e. The molecule has 0 bridgehead atoms. The first-order valence-electron chi connectivity index (χ1n) is 9.94. The molecule has 0 spiro atoms. The van der Waals surface area contributed by atoms with Gasteiger partial charge in [0, 0.05) is 17.6 Å². The molecular weight excluding hydrogens is 522 g/mol. The van der Waals surface area contributed by atoms with E-state index < -0.39 is 62.6 Å². The van der Waals surface area contributed by atoms with Crippen LogP contribution < -0.4 is 21.8 Å². The highest BCUT2D eigenvalue weighted by Crippen LogP contribution is 2.23. The lowest BCUT2D eigenvalue weighted by atomic mass is 10.0. The first-order valence-corrected chi connectivity index (χ1v) is 12.2. The second kappa shape index (κ2) is 9.55. The molecule has 1 aliphatic heterocycles. The van der Waals surface area contributed by atoms with Crippen LogP contribution >= 0.6 is 11.3 Å². The first kappa shape index (κ1) is 26.6. The molecule has 3 rings (SSSR count). The minimum absolute atomic E-state index is 0.0467. The van der Waals surface area contributed by atoms with Crippen LogP contribution in [0, 0.1) is 0 Å². The van der Waals surface area contributed by atoms with Gasteiger partial charge in [-0.1, -0.05) is 5.16 Å². The van der Waals surface area contributed by atoms with Crippen molar-refractivity contribution in [3.8, 4) is 5.75 Å². The number of hydrogen-bond donors (Lipinski definition) is 6. The Morgan fingerprint density at radius 3 is 2.56 bits per heavy atom. The number of nitrogens with two attached hydrogens (primary N) is 1. The molecule has 0 saturated carbocycles. The van der Waals surface area contributed by atoms with Crippen molar-refractivity contribution in [1.29, 1.82) is 0 Å². The van der Waals surface area contributed by atoms with Crippen molar-refractivity contribution >= 4 is 56.0 Å². The number of pyridine rings is 1. The molecule has 36 heavy (non-hydrogen) atoms. The Hall–Kier alpha value is -4.03. The van der Waals surface area contributed by atoms with E-state index in [-0.39, 0.29) is 20.9 Å². The molecule has 16 nitrogen and oxygen atoms in total. The van der Waals surface area contributed by atoms with Gasteiger partial charge in [-0.25, -0.2) is 9.29 Å². The van der Waals surface area contributed by atoms with Crippen molar-refractivity contribution in [2.75, 3.05) is 11.1 Å². The van der Waals surface area contributed by atoms with E-state index in [0.717, 1.165) is 23.6 Å². The number of amides is 3. The van der Waals surface area contributed by atoms with Crippen molar-refractivity contribution in [1.82, 2.24) is 19.6 Å². The highest BCUT2D eigenvalue weighted by Gasteiger charge is 2.51. The zero-order chi connectivity index (χ0) is 27.0. The molecule has 0 aromatic carbocycles. The average molecular weight is 544 g/mol. The number of β-lactam (4-membered cyclic amide) rings is 1. The lowest BCUT2D eigenvalue weighted by Crippen LogP contribution is -2.71. The lowest BCUT2D eigenvalue weighted by Gasteiger charge is -2.42. The fraction of sp³-hybridized carbons (Fsp3) is 0.333. The van der Waals surface area contributed by atoms with Gasteiger partial charge in [-0.2, -0.15) is 8.42 Å². The van der Waals surface area contributed by atoms with Gasteiger partial charge in [-0.05, 0) is 20.8 Å². The Balaban J connectivity index is 1.80. The van der Waals surface area contributed by atoms with Gasteiger partial charge in [0.2, 0.25) is 11.0 Å².